The fourth-order valence-electron chi connectivity index (χ4n) is 2.23. The Kier molecular flexibility index (Phi) is 3.77. The van der Waals surface area contributed by atoms with Gasteiger partial charge in [0.25, 0.3) is 0 Å². The summed E-state index contributed by atoms with van der Waals surface area (Å²) in [6, 6.07) is 5.97. The second kappa shape index (κ2) is 5.31. The minimum Gasteiger partial charge on any atom is -0.310 e. The van der Waals surface area contributed by atoms with Crippen LogP contribution in [-0.2, 0) is 4.79 Å². The lowest BCUT2D eigenvalue weighted by molar-refractivity contribution is -0.124. The van der Waals surface area contributed by atoms with Gasteiger partial charge in [-0.25, -0.2) is 4.39 Å². The van der Waals surface area contributed by atoms with Crippen LogP contribution in [0.2, 0.25) is 0 Å². The molecule has 2 rings (SSSR count). The van der Waals surface area contributed by atoms with Crippen LogP contribution in [0.1, 0.15) is 6.92 Å². The summed E-state index contributed by atoms with van der Waals surface area (Å²) in [4.78, 5) is 16.0. The van der Waals surface area contributed by atoms with Crippen LogP contribution in [0.4, 0.5) is 10.1 Å². The van der Waals surface area contributed by atoms with E-state index in [4.69, 9.17) is 0 Å². The maximum absolute atomic E-state index is 13.2. The van der Waals surface area contributed by atoms with Crippen LogP contribution in [-0.4, -0.2) is 36.5 Å². The third kappa shape index (κ3) is 2.43. The molecule has 1 aromatic carbocycles. The third-order valence-electron chi connectivity index (χ3n) is 3.27. The van der Waals surface area contributed by atoms with E-state index in [9.17, 15) is 9.18 Å². The lowest BCUT2D eigenvalue weighted by Crippen LogP contribution is -2.55. The fourth-order valence-corrected chi connectivity index (χ4v) is 2.23. The molecule has 0 aromatic heterocycles. The predicted molar refractivity (Wildman–Crippen MR) is 70.0 cm³/mol. The van der Waals surface area contributed by atoms with Gasteiger partial charge in [0.1, 0.15) is 5.82 Å². The first-order valence-corrected chi connectivity index (χ1v) is 6.05. The molecule has 1 aliphatic heterocycles. The Morgan fingerprint density at radius 3 is 2.94 bits per heavy atom. The minimum absolute atomic E-state index is 0.00806. The Morgan fingerprint density at radius 2 is 2.28 bits per heavy atom. The van der Waals surface area contributed by atoms with Gasteiger partial charge < -0.3 is 4.90 Å². The topological polar surface area (TPSA) is 23.6 Å². The first-order valence-electron chi connectivity index (χ1n) is 6.05. The van der Waals surface area contributed by atoms with Crippen LogP contribution in [0.3, 0.4) is 0 Å². The quantitative estimate of drug-likeness (QED) is 0.764. The molecular formula is C14H17FN2O. The summed E-state index contributed by atoms with van der Waals surface area (Å²) in [5, 5.41) is 0. The Labute approximate surface area is 107 Å². The van der Waals surface area contributed by atoms with Crippen molar-refractivity contribution in [1.29, 1.82) is 0 Å². The summed E-state index contributed by atoms with van der Waals surface area (Å²) in [6.45, 7) is 7.61. The zero-order chi connectivity index (χ0) is 13.1. The number of hydrogen-bond acceptors (Lipinski definition) is 2. The van der Waals surface area contributed by atoms with Gasteiger partial charge >= 0.3 is 0 Å². The van der Waals surface area contributed by atoms with Gasteiger partial charge in [-0.05, 0) is 25.1 Å². The van der Waals surface area contributed by atoms with Gasteiger partial charge in [-0.1, -0.05) is 12.1 Å². The average molecular weight is 248 g/mol. The smallest absolute Gasteiger partial charge is 0.244 e. The predicted octanol–water partition coefficient (Wildman–Crippen LogP) is 2.05. The monoisotopic (exact) mass is 248 g/mol. The van der Waals surface area contributed by atoms with Crippen LogP contribution in [0.5, 0.6) is 0 Å². The molecule has 0 radical (unpaired) electrons. The van der Waals surface area contributed by atoms with E-state index in [0.717, 1.165) is 6.54 Å². The van der Waals surface area contributed by atoms with Gasteiger partial charge in [0.15, 0.2) is 0 Å². The van der Waals surface area contributed by atoms with E-state index in [-0.39, 0.29) is 17.8 Å². The fraction of sp³-hybridized carbons (Fsp3) is 0.357. The Hall–Kier alpha value is -1.68. The second-order valence-electron chi connectivity index (χ2n) is 4.43. The molecule has 1 aliphatic rings. The molecular weight excluding hydrogens is 231 g/mol. The molecule has 0 N–H and O–H groups in total. The van der Waals surface area contributed by atoms with E-state index in [0.29, 0.717) is 18.8 Å². The highest BCUT2D eigenvalue weighted by Crippen LogP contribution is 2.20. The number of amides is 1. The van der Waals surface area contributed by atoms with Crippen molar-refractivity contribution < 1.29 is 9.18 Å². The molecule has 1 saturated heterocycles. The number of carbonyl (C=O) groups is 1. The highest BCUT2D eigenvalue weighted by atomic mass is 19.1. The molecule has 0 saturated carbocycles. The third-order valence-corrected chi connectivity index (χ3v) is 3.27. The molecule has 0 spiro atoms. The highest BCUT2D eigenvalue weighted by Gasteiger charge is 2.31. The lowest BCUT2D eigenvalue weighted by Gasteiger charge is -2.38. The van der Waals surface area contributed by atoms with Gasteiger partial charge in [-0.2, -0.15) is 0 Å². The Balaban J connectivity index is 2.17. The molecule has 1 atom stereocenters. The van der Waals surface area contributed by atoms with Crippen molar-refractivity contribution in [2.45, 2.75) is 13.0 Å². The first kappa shape index (κ1) is 12.8. The number of benzene rings is 1. The van der Waals surface area contributed by atoms with E-state index in [2.05, 4.69) is 11.5 Å². The van der Waals surface area contributed by atoms with Crippen molar-refractivity contribution in [3.8, 4) is 0 Å². The van der Waals surface area contributed by atoms with Gasteiger partial charge in [-0.3, -0.25) is 9.69 Å². The summed E-state index contributed by atoms with van der Waals surface area (Å²) in [6.07, 6.45) is 1.79. The van der Waals surface area contributed by atoms with Crippen molar-refractivity contribution in [1.82, 2.24) is 4.90 Å². The van der Waals surface area contributed by atoms with Crippen LogP contribution < -0.4 is 4.90 Å². The molecule has 3 nitrogen and oxygen atoms in total. The van der Waals surface area contributed by atoms with Crippen LogP contribution >= 0.6 is 0 Å². The molecule has 1 amide bonds. The van der Waals surface area contributed by atoms with Crippen LogP contribution in [0.15, 0.2) is 36.9 Å². The average Bonchev–Trinajstić information content (AvgIpc) is 2.35. The maximum Gasteiger partial charge on any atom is 0.244 e. The van der Waals surface area contributed by atoms with Crippen molar-refractivity contribution in [2.75, 3.05) is 24.5 Å². The highest BCUT2D eigenvalue weighted by molar-refractivity contribution is 5.97. The summed E-state index contributed by atoms with van der Waals surface area (Å²) >= 11 is 0. The van der Waals surface area contributed by atoms with Crippen molar-refractivity contribution >= 4 is 11.6 Å². The van der Waals surface area contributed by atoms with E-state index in [1.807, 2.05) is 6.92 Å². The lowest BCUT2D eigenvalue weighted by atomic mass is 10.1. The van der Waals surface area contributed by atoms with E-state index in [1.165, 1.54) is 12.1 Å². The summed E-state index contributed by atoms with van der Waals surface area (Å²) < 4.78 is 13.2. The SMILES string of the molecule is C=CCN1CCN(c2cccc(F)c2)C(=O)C1C. The minimum atomic E-state index is -0.318. The molecule has 1 aromatic rings. The van der Waals surface area contributed by atoms with Crippen molar-refractivity contribution in [3.63, 3.8) is 0 Å². The van der Waals surface area contributed by atoms with Crippen LogP contribution in [0.25, 0.3) is 0 Å². The number of rotatable bonds is 3. The number of carbonyl (C=O) groups excluding carboxylic acids is 1. The van der Waals surface area contributed by atoms with E-state index < -0.39 is 0 Å². The molecule has 1 unspecified atom stereocenters. The summed E-state index contributed by atoms with van der Waals surface area (Å²) in [5.74, 6) is -0.310. The molecule has 18 heavy (non-hydrogen) atoms. The largest absolute Gasteiger partial charge is 0.310 e. The molecule has 96 valence electrons. The standard InChI is InChI=1S/C14H17FN2O/c1-3-7-16-8-9-17(14(18)11(16)2)13-6-4-5-12(15)10-13/h3-6,10-11H,1,7-9H2,2H3. The van der Waals surface area contributed by atoms with Crippen molar-refractivity contribution in [2.24, 2.45) is 0 Å². The van der Waals surface area contributed by atoms with Crippen molar-refractivity contribution in [3.05, 3.63) is 42.7 Å². The molecule has 4 heteroatoms. The Bertz CT molecular complexity index is 461. The van der Waals surface area contributed by atoms with Crippen LogP contribution in [0, 0.1) is 5.82 Å². The summed E-state index contributed by atoms with van der Waals surface area (Å²) in [5.41, 5.74) is 0.630. The van der Waals surface area contributed by atoms with Gasteiger partial charge in [-0.15, -0.1) is 6.58 Å². The number of hydrogen-bond donors (Lipinski definition) is 0. The molecule has 1 heterocycles. The molecule has 0 aliphatic carbocycles. The first-order chi connectivity index (χ1) is 8.63. The maximum atomic E-state index is 13.2. The van der Waals surface area contributed by atoms with E-state index in [1.54, 1.807) is 23.1 Å². The zero-order valence-corrected chi connectivity index (χ0v) is 10.5. The molecule has 0 bridgehead atoms. The normalized spacial score (nSPS) is 21.1. The van der Waals surface area contributed by atoms with E-state index >= 15 is 0 Å². The molecule has 1 fully saturated rings. The number of anilines is 1. The summed E-state index contributed by atoms with van der Waals surface area (Å²) in [7, 11) is 0. The van der Waals surface area contributed by atoms with Gasteiger partial charge in [0.2, 0.25) is 5.91 Å². The van der Waals surface area contributed by atoms with Gasteiger partial charge in [0, 0.05) is 25.3 Å². The number of nitrogens with zero attached hydrogens (tertiary/aromatic N) is 2. The number of halogens is 1. The Morgan fingerprint density at radius 1 is 1.50 bits per heavy atom. The zero-order valence-electron chi connectivity index (χ0n) is 10.5. The second-order valence-corrected chi connectivity index (χ2v) is 4.43. The number of piperazine rings is 1. The van der Waals surface area contributed by atoms with Gasteiger partial charge in [0.05, 0.1) is 6.04 Å².